The van der Waals surface area contributed by atoms with E-state index in [2.05, 4.69) is 37.4 Å². The third-order valence-corrected chi connectivity index (χ3v) is 5.74. The first-order valence-corrected chi connectivity index (χ1v) is 11.4. The van der Waals surface area contributed by atoms with Gasteiger partial charge in [-0.15, -0.1) is 0 Å². The number of carbonyl (C=O) groups is 1. The van der Waals surface area contributed by atoms with Crippen LogP contribution in [0.5, 0.6) is 0 Å². The van der Waals surface area contributed by atoms with Crippen molar-refractivity contribution in [2.75, 3.05) is 54.1 Å². The Hall–Kier alpha value is -4.07. The lowest BCUT2D eigenvalue weighted by Crippen LogP contribution is -2.44. The molecule has 1 aliphatic heterocycles. The van der Waals surface area contributed by atoms with Gasteiger partial charge in [0.2, 0.25) is 0 Å². The minimum Gasteiger partial charge on any atom is -0.369 e. The van der Waals surface area contributed by atoms with E-state index in [0.717, 1.165) is 43.9 Å². The summed E-state index contributed by atoms with van der Waals surface area (Å²) in [6, 6.07) is 8.73. The van der Waals surface area contributed by atoms with Gasteiger partial charge in [0, 0.05) is 49.3 Å². The Kier molecular flexibility index (Phi) is 7.62. The van der Waals surface area contributed by atoms with E-state index in [1.165, 1.54) is 6.07 Å². The number of anilines is 5. The maximum atomic E-state index is 13.1. The topological polar surface area (TPSA) is 85.4 Å². The number of nitrogens with zero attached hydrogens (tertiary/aromatic N) is 4. The van der Waals surface area contributed by atoms with Gasteiger partial charge in [0.15, 0.2) is 0 Å². The van der Waals surface area contributed by atoms with Gasteiger partial charge in [0.05, 0.1) is 11.1 Å². The van der Waals surface area contributed by atoms with Crippen LogP contribution in [0.3, 0.4) is 0 Å². The van der Waals surface area contributed by atoms with Crippen molar-refractivity contribution in [3.05, 3.63) is 66.0 Å². The van der Waals surface area contributed by atoms with Crippen LogP contribution in [0.25, 0.3) is 0 Å². The summed E-state index contributed by atoms with van der Waals surface area (Å²) in [6.07, 6.45) is -8.93. The van der Waals surface area contributed by atoms with Gasteiger partial charge in [-0.05, 0) is 43.4 Å². The van der Waals surface area contributed by atoms with Gasteiger partial charge in [0.25, 0.3) is 0 Å². The van der Waals surface area contributed by atoms with E-state index in [9.17, 15) is 31.1 Å². The first-order valence-electron chi connectivity index (χ1n) is 11.4. The molecule has 202 valence electrons. The molecule has 0 unspecified atom stereocenters. The molecule has 1 aliphatic rings. The van der Waals surface area contributed by atoms with Gasteiger partial charge in [-0.2, -0.15) is 26.3 Å². The summed E-state index contributed by atoms with van der Waals surface area (Å²) in [7, 11) is 2.07. The van der Waals surface area contributed by atoms with E-state index < -0.39 is 35.2 Å². The Labute approximate surface area is 213 Å². The van der Waals surface area contributed by atoms with Crippen molar-refractivity contribution in [1.82, 2.24) is 14.9 Å². The fourth-order valence-electron chi connectivity index (χ4n) is 3.79. The molecule has 0 aliphatic carbocycles. The highest BCUT2D eigenvalue weighted by Gasteiger charge is 2.37. The van der Waals surface area contributed by atoms with Gasteiger partial charge in [-0.1, -0.05) is 6.07 Å². The molecule has 0 spiro atoms. The largest absolute Gasteiger partial charge is 0.416 e. The second-order valence-electron chi connectivity index (χ2n) is 8.63. The average molecular weight is 539 g/mol. The molecule has 0 radical (unpaired) electrons. The molecular weight excluding hydrogens is 516 g/mol. The minimum absolute atomic E-state index is 0.0236. The van der Waals surface area contributed by atoms with Gasteiger partial charge < -0.3 is 20.4 Å². The average Bonchev–Trinajstić information content (AvgIpc) is 2.83. The molecule has 38 heavy (non-hydrogen) atoms. The number of urea groups is 1. The number of alkyl halides is 6. The number of rotatable bonds is 5. The number of aromatic nitrogens is 2. The third-order valence-electron chi connectivity index (χ3n) is 5.74. The molecular formula is C24H23F6N7O. The van der Waals surface area contributed by atoms with Crippen LogP contribution >= 0.6 is 0 Å². The fraction of sp³-hybridized carbons (Fsp3) is 0.292. The Morgan fingerprint density at radius 3 is 2.05 bits per heavy atom. The maximum absolute atomic E-state index is 13.1. The van der Waals surface area contributed by atoms with Crippen molar-refractivity contribution in [3.8, 4) is 0 Å². The zero-order valence-corrected chi connectivity index (χ0v) is 20.0. The molecule has 2 heterocycles. The van der Waals surface area contributed by atoms with Gasteiger partial charge in [0.1, 0.15) is 18.0 Å². The molecule has 0 atom stereocenters. The molecule has 2 amide bonds. The van der Waals surface area contributed by atoms with Crippen LogP contribution < -0.4 is 20.9 Å². The first-order chi connectivity index (χ1) is 17.9. The summed E-state index contributed by atoms with van der Waals surface area (Å²) in [5, 5.41) is 7.37. The minimum atomic E-state index is -5.04. The highest BCUT2D eigenvalue weighted by atomic mass is 19.4. The van der Waals surface area contributed by atoms with Crippen molar-refractivity contribution < 1.29 is 31.1 Å². The SMILES string of the molecule is CN1CCN(c2cccc(Nc3cc(NC(=O)Nc4cc(C(F)(F)F)cc(C(F)(F)F)c4)ncn3)c2)CC1. The zero-order valence-electron chi connectivity index (χ0n) is 20.0. The number of hydrogen-bond acceptors (Lipinski definition) is 6. The lowest BCUT2D eigenvalue weighted by atomic mass is 10.1. The van der Waals surface area contributed by atoms with Crippen molar-refractivity contribution >= 4 is 34.7 Å². The molecule has 1 saturated heterocycles. The summed E-state index contributed by atoms with van der Waals surface area (Å²) in [5.41, 5.74) is -2.03. The summed E-state index contributed by atoms with van der Waals surface area (Å²) >= 11 is 0. The van der Waals surface area contributed by atoms with Crippen molar-refractivity contribution in [2.24, 2.45) is 0 Å². The third kappa shape index (κ3) is 7.03. The molecule has 1 fully saturated rings. The normalized spacial score (nSPS) is 14.8. The number of likely N-dealkylation sites (N-methyl/N-ethyl adjacent to an activating group) is 1. The Morgan fingerprint density at radius 1 is 0.789 bits per heavy atom. The fourth-order valence-corrected chi connectivity index (χ4v) is 3.79. The summed E-state index contributed by atoms with van der Waals surface area (Å²) in [5.74, 6) is 0.280. The molecule has 14 heteroatoms. The number of amides is 2. The predicted octanol–water partition coefficient (Wildman–Crippen LogP) is 5.65. The second-order valence-corrected chi connectivity index (χ2v) is 8.63. The molecule has 2 aromatic carbocycles. The van der Waals surface area contributed by atoms with Crippen LogP contribution in [0.2, 0.25) is 0 Å². The van der Waals surface area contributed by atoms with Crippen LogP contribution in [0.15, 0.2) is 54.9 Å². The second kappa shape index (κ2) is 10.7. The van der Waals surface area contributed by atoms with E-state index in [-0.39, 0.29) is 11.9 Å². The van der Waals surface area contributed by atoms with Crippen LogP contribution in [0.1, 0.15) is 11.1 Å². The first kappa shape index (κ1) is 27.0. The Bertz CT molecular complexity index is 1260. The quantitative estimate of drug-likeness (QED) is 0.363. The Balaban J connectivity index is 1.44. The molecule has 0 saturated carbocycles. The highest BCUT2D eigenvalue weighted by molar-refractivity contribution is 5.99. The van der Waals surface area contributed by atoms with Crippen molar-refractivity contribution in [1.29, 1.82) is 0 Å². The number of piperazine rings is 1. The Morgan fingerprint density at radius 2 is 1.42 bits per heavy atom. The number of nitrogens with one attached hydrogen (secondary N) is 3. The molecule has 0 bridgehead atoms. The molecule has 3 aromatic rings. The molecule has 1 aromatic heterocycles. The van der Waals surface area contributed by atoms with Crippen LogP contribution in [-0.4, -0.2) is 54.1 Å². The highest BCUT2D eigenvalue weighted by Crippen LogP contribution is 2.37. The predicted molar refractivity (Wildman–Crippen MR) is 131 cm³/mol. The molecule has 3 N–H and O–H groups in total. The number of benzene rings is 2. The summed E-state index contributed by atoms with van der Waals surface area (Å²) in [6.45, 7) is 3.65. The van der Waals surface area contributed by atoms with E-state index >= 15 is 0 Å². The number of hydrogen-bond donors (Lipinski definition) is 3. The molecule has 8 nitrogen and oxygen atoms in total. The lowest BCUT2D eigenvalue weighted by molar-refractivity contribution is -0.143. The summed E-state index contributed by atoms with van der Waals surface area (Å²) < 4.78 is 78.4. The smallest absolute Gasteiger partial charge is 0.369 e. The van der Waals surface area contributed by atoms with E-state index in [1.807, 2.05) is 29.6 Å². The number of halogens is 6. The van der Waals surface area contributed by atoms with Gasteiger partial charge in [-0.3, -0.25) is 5.32 Å². The lowest BCUT2D eigenvalue weighted by Gasteiger charge is -2.34. The van der Waals surface area contributed by atoms with Crippen LogP contribution in [-0.2, 0) is 12.4 Å². The monoisotopic (exact) mass is 539 g/mol. The van der Waals surface area contributed by atoms with E-state index in [4.69, 9.17) is 0 Å². The van der Waals surface area contributed by atoms with Crippen LogP contribution in [0.4, 0.5) is 59.8 Å². The van der Waals surface area contributed by atoms with E-state index in [1.54, 1.807) is 0 Å². The zero-order chi connectivity index (χ0) is 27.5. The van der Waals surface area contributed by atoms with E-state index in [0.29, 0.717) is 18.0 Å². The maximum Gasteiger partial charge on any atom is 0.416 e. The van der Waals surface area contributed by atoms with Gasteiger partial charge >= 0.3 is 18.4 Å². The molecule has 4 rings (SSSR count). The summed E-state index contributed by atoms with van der Waals surface area (Å²) in [4.78, 5) is 24.8. The standard InChI is InChI=1S/C24H23F6N7O/c1-36-5-7-37(8-6-36)19-4-2-3-17(12-19)33-20-13-21(32-14-31-20)35-22(38)34-18-10-15(23(25,26)27)9-16(11-18)24(28,29)30/h2-4,9-14H,5-8H2,1H3,(H3,31,32,33,34,35,38). The van der Waals surface area contributed by atoms with Crippen molar-refractivity contribution in [2.45, 2.75) is 12.4 Å². The van der Waals surface area contributed by atoms with Crippen molar-refractivity contribution in [3.63, 3.8) is 0 Å². The van der Waals surface area contributed by atoms with Crippen LogP contribution in [0, 0.1) is 0 Å². The number of carbonyl (C=O) groups excluding carboxylic acids is 1. The van der Waals surface area contributed by atoms with Gasteiger partial charge in [-0.25, -0.2) is 14.8 Å².